The third-order valence-electron chi connectivity index (χ3n) is 6.50. The number of aryl methyl sites for hydroxylation is 1. The number of rotatable bonds is 11. The fourth-order valence-corrected chi connectivity index (χ4v) is 6.00. The zero-order valence-electron chi connectivity index (χ0n) is 22.7. The molecule has 0 bridgehead atoms. The summed E-state index contributed by atoms with van der Waals surface area (Å²) < 4.78 is 28.8. The van der Waals surface area contributed by atoms with E-state index >= 15 is 0 Å². The number of carbonyl (C=O) groups is 2. The van der Waals surface area contributed by atoms with E-state index in [1.807, 2.05) is 20.8 Å². The van der Waals surface area contributed by atoms with Gasteiger partial charge in [0.25, 0.3) is 10.0 Å². The van der Waals surface area contributed by atoms with Crippen molar-refractivity contribution in [1.82, 2.24) is 10.2 Å². The Balaban J connectivity index is 2.07. The highest BCUT2D eigenvalue weighted by molar-refractivity contribution is 7.92. The second kappa shape index (κ2) is 13.7. The standard InChI is InChI=1S/C29H32Cl3N3O4S/c1-5-20(3)33-29(37)21(4)34(17-22-8-6-9-23(30)16-22)27(36)18-35(26-11-7-10-25(31)28(26)32)40(38,39)24-14-12-19(2)13-15-24/h6-16,20-21H,5,17-18H2,1-4H3,(H,33,37)/t20-,21-/m1/s1. The van der Waals surface area contributed by atoms with E-state index in [1.165, 1.54) is 29.2 Å². The maximum Gasteiger partial charge on any atom is 0.264 e. The molecule has 0 spiro atoms. The van der Waals surface area contributed by atoms with E-state index in [-0.39, 0.29) is 39.1 Å². The number of halogens is 3. The lowest BCUT2D eigenvalue weighted by atomic mass is 10.1. The number of hydrogen-bond acceptors (Lipinski definition) is 4. The fourth-order valence-electron chi connectivity index (χ4n) is 3.92. The fraction of sp³-hybridized carbons (Fsp3) is 0.310. The Bertz CT molecular complexity index is 1470. The Morgan fingerprint density at radius 2 is 1.60 bits per heavy atom. The number of nitrogens with one attached hydrogen (secondary N) is 1. The van der Waals surface area contributed by atoms with Crippen LogP contribution in [0.4, 0.5) is 5.69 Å². The van der Waals surface area contributed by atoms with Gasteiger partial charge in [0, 0.05) is 17.6 Å². The van der Waals surface area contributed by atoms with Gasteiger partial charge in [0.2, 0.25) is 11.8 Å². The van der Waals surface area contributed by atoms with E-state index < -0.39 is 28.5 Å². The molecular formula is C29H32Cl3N3O4S. The molecule has 2 atom stereocenters. The van der Waals surface area contributed by atoms with Gasteiger partial charge in [-0.25, -0.2) is 8.42 Å². The molecule has 0 unspecified atom stereocenters. The minimum Gasteiger partial charge on any atom is -0.352 e. The molecule has 0 aliphatic heterocycles. The first-order valence-electron chi connectivity index (χ1n) is 12.7. The highest BCUT2D eigenvalue weighted by Gasteiger charge is 2.34. The van der Waals surface area contributed by atoms with Crippen LogP contribution < -0.4 is 9.62 Å². The molecule has 40 heavy (non-hydrogen) atoms. The van der Waals surface area contributed by atoms with E-state index in [9.17, 15) is 18.0 Å². The molecule has 0 aromatic heterocycles. The quantitative estimate of drug-likeness (QED) is 0.265. The molecule has 3 aromatic rings. The Labute approximate surface area is 251 Å². The maximum absolute atomic E-state index is 14.0. The maximum atomic E-state index is 14.0. The van der Waals surface area contributed by atoms with Crippen LogP contribution in [0.15, 0.2) is 71.6 Å². The zero-order chi connectivity index (χ0) is 29.6. The van der Waals surface area contributed by atoms with Gasteiger partial charge in [-0.3, -0.25) is 13.9 Å². The molecule has 0 heterocycles. The topological polar surface area (TPSA) is 86.8 Å². The molecule has 1 N–H and O–H groups in total. The van der Waals surface area contributed by atoms with Crippen molar-refractivity contribution >= 4 is 62.3 Å². The van der Waals surface area contributed by atoms with Gasteiger partial charge in [0.05, 0.1) is 20.6 Å². The minimum absolute atomic E-state index is 0.0170. The van der Waals surface area contributed by atoms with Gasteiger partial charge < -0.3 is 10.2 Å². The summed E-state index contributed by atoms with van der Waals surface area (Å²) in [5.41, 5.74) is 1.59. The van der Waals surface area contributed by atoms with E-state index in [2.05, 4.69) is 5.32 Å². The van der Waals surface area contributed by atoms with Crippen molar-refractivity contribution in [1.29, 1.82) is 0 Å². The molecular weight excluding hydrogens is 593 g/mol. The van der Waals surface area contributed by atoms with Gasteiger partial charge in [0.15, 0.2) is 0 Å². The first-order chi connectivity index (χ1) is 18.8. The molecule has 2 amide bonds. The number of hydrogen-bond donors (Lipinski definition) is 1. The first kappa shape index (κ1) is 31.7. The third kappa shape index (κ3) is 7.69. The Morgan fingerprint density at radius 1 is 0.950 bits per heavy atom. The molecule has 7 nitrogen and oxygen atoms in total. The summed E-state index contributed by atoms with van der Waals surface area (Å²) in [6.45, 7) is 6.64. The molecule has 3 aromatic carbocycles. The molecule has 214 valence electrons. The summed E-state index contributed by atoms with van der Waals surface area (Å²) in [7, 11) is -4.27. The van der Waals surface area contributed by atoms with Crippen molar-refractivity contribution in [2.45, 2.75) is 57.6 Å². The van der Waals surface area contributed by atoms with Crippen molar-refractivity contribution in [2.24, 2.45) is 0 Å². The summed E-state index contributed by atoms with van der Waals surface area (Å²) in [6.07, 6.45) is 0.705. The Morgan fingerprint density at radius 3 is 2.23 bits per heavy atom. The molecule has 0 fully saturated rings. The van der Waals surface area contributed by atoms with E-state index in [1.54, 1.807) is 49.4 Å². The molecule has 0 saturated carbocycles. The van der Waals surface area contributed by atoms with Crippen LogP contribution in [-0.2, 0) is 26.2 Å². The number of carbonyl (C=O) groups excluding carboxylic acids is 2. The number of sulfonamides is 1. The number of benzene rings is 3. The second-order valence-electron chi connectivity index (χ2n) is 9.54. The summed E-state index contributed by atoms with van der Waals surface area (Å²) in [5.74, 6) is -0.975. The van der Waals surface area contributed by atoms with E-state index in [0.29, 0.717) is 17.0 Å². The Hall–Kier alpha value is -2.78. The van der Waals surface area contributed by atoms with E-state index in [4.69, 9.17) is 34.8 Å². The summed E-state index contributed by atoms with van der Waals surface area (Å²) in [5, 5.41) is 3.48. The molecule has 3 rings (SSSR count). The lowest BCUT2D eigenvalue weighted by Crippen LogP contribution is -2.52. The highest BCUT2D eigenvalue weighted by Crippen LogP contribution is 2.35. The first-order valence-corrected chi connectivity index (χ1v) is 15.3. The molecule has 0 aliphatic carbocycles. The molecule has 0 aliphatic rings. The van der Waals surface area contributed by atoms with Crippen molar-refractivity contribution in [3.8, 4) is 0 Å². The van der Waals surface area contributed by atoms with Crippen molar-refractivity contribution in [3.63, 3.8) is 0 Å². The molecule has 0 radical (unpaired) electrons. The largest absolute Gasteiger partial charge is 0.352 e. The molecule has 0 saturated heterocycles. The van der Waals surface area contributed by atoms with Crippen LogP contribution in [0.2, 0.25) is 15.1 Å². The predicted octanol–water partition coefficient (Wildman–Crippen LogP) is 6.48. The number of nitrogens with zero attached hydrogens (tertiary/aromatic N) is 2. The van der Waals surface area contributed by atoms with Crippen LogP contribution >= 0.6 is 34.8 Å². The van der Waals surface area contributed by atoms with Crippen LogP contribution in [-0.4, -0.2) is 43.8 Å². The van der Waals surface area contributed by atoms with Crippen molar-refractivity contribution in [3.05, 3.63) is 92.9 Å². The van der Waals surface area contributed by atoms with Gasteiger partial charge in [-0.2, -0.15) is 0 Å². The van der Waals surface area contributed by atoms with Crippen LogP contribution in [0, 0.1) is 6.92 Å². The van der Waals surface area contributed by atoms with Crippen LogP contribution in [0.3, 0.4) is 0 Å². The van der Waals surface area contributed by atoms with Gasteiger partial charge in [-0.05, 0) is 69.2 Å². The average Bonchev–Trinajstić information content (AvgIpc) is 2.91. The van der Waals surface area contributed by atoms with Crippen molar-refractivity contribution < 1.29 is 18.0 Å². The normalized spacial score (nSPS) is 12.9. The molecule has 11 heteroatoms. The monoisotopic (exact) mass is 623 g/mol. The Kier molecular flexibility index (Phi) is 10.9. The van der Waals surface area contributed by atoms with Gasteiger partial charge in [-0.15, -0.1) is 0 Å². The van der Waals surface area contributed by atoms with E-state index in [0.717, 1.165) is 9.87 Å². The summed E-state index contributed by atoms with van der Waals surface area (Å²) >= 11 is 18.9. The average molecular weight is 625 g/mol. The lowest BCUT2D eigenvalue weighted by molar-refractivity contribution is -0.139. The number of amides is 2. The second-order valence-corrected chi connectivity index (χ2v) is 12.6. The van der Waals surface area contributed by atoms with Crippen LogP contribution in [0.25, 0.3) is 0 Å². The highest BCUT2D eigenvalue weighted by atomic mass is 35.5. The zero-order valence-corrected chi connectivity index (χ0v) is 25.8. The van der Waals surface area contributed by atoms with Crippen LogP contribution in [0.5, 0.6) is 0 Å². The third-order valence-corrected chi connectivity index (χ3v) is 9.32. The van der Waals surface area contributed by atoms with Gasteiger partial charge >= 0.3 is 0 Å². The predicted molar refractivity (Wildman–Crippen MR) is 162 cm³/mol. The summed E-state index contributed by atoms with van der Waals surface area (Å²) in [4.78, 5) is 28.4. The van der Waals surface area contributed by atoms with Gasteiger partial charge in [0.1, 0.15) is 12.6 Å². The summed E-state index contributed by atoms with van der Waals surface area (Å²) in [6, 6.07) is 16.7. The number of anilines is 1. The van der Waals surface area contributed by atoms with Crippen LogP contribution in [0.1, 0.15) is 38.3 Å². The SMILES string of the molecule is CC[C@@H](C)NC(=O)[C@@H](C)N(Cc1cccc(Cl)c1)C(=O)CN(c1cccc(Cl)c1Cl)S(=O)(=O)c1ccc(C)cc1. The lowest BCUT2D eigenvalue weighted by Gasteiger charge is -2.32. The van der Waals surface area contributed by atoms with Gasteiger partial charge in [-0.1, -0.05) is 77.6 Å². The van der Waals surface area contributed by atoms with Crippen molar-refractivity contribution in [2.75, 3.05) is 10.8 Å². The minimum atomic E-state index is -4.27. The smallest absolute Gasteiger partial charge is 0.264 e.